The van der Waals surface area contributed by atoms with E-state index in [1.807, 2.05) is 30.3 Å². The van der Waals surface area contributed by atoms with Gasteiger partial charge in [-0.3, -0.25) is 4.79 Å². The minimum atomic E-state index is -0.0733. The van der Waals surface area contributed by atoms with Crippen LogP contribution in [-0.2, 0) is 0 Å². The van der Waals surface area contributed by atoms with Crippen molar-refractivity contribution in [2.45, 2.75) is 0 Å². The standard InChI is InChI=1S/C17H14NO/c1-2-18-17(19)15-9-5-8-14-10-12-6-3-4-7-13(12)11-16(14)15/h3-11H,1-2H2,(H,18,19). The molecule has 1 N–H and O–H groups in total. The molecule has 3 rings (SSSR count). The molecule has 3 aromatic carbocycles. The van der Waals surface area contributed by atoms with Gasteiger partial charge in [-0.05, 0) is 46.7 Å². The molecule has 93 valence electrons. The molecule has 1 radical (unpaired) electrons. The van der Waals surface area contributed by atoms with Gasteiger partial charge in [0.15, 0.2) is 0 Å². The Morgan fingerprint density at radius 1 is 0.947 bits per heavy atom. The summed E-state index contributed by atoms with van der Waals surface area (Å²) >= 11 is 0. The molecule has 0 bridgehead atoms. The summed E-state index contributed by atoms with van der Waals surface area (Å²) in [6.07, 6.45) is 0. The average Bonchev–Trinajstić information content (AvgIpc) is 2.44. The summed E-state index contributed by atoms with van der Waals surface area (Å²) in [6.45, 7) is 4.04. The normalized spacial score (nSPS) is 10.8. The van der Waals surface area contributed by atoms with Gasteiger partial charge in [0.05, 0.1) is 0 Å². The number of amides is 1. The minimum absolute atomic E-state index is 0.0733. The van der Waals surface area contributed by atoms with Crippen LogP contribution in [0.25, 0.3) is 21.5 Å². The van der Waals surface area contributed by atoms with Crippen LogP contribution in [0, 0.1) is 6.92 Å². The zero-order valence-electron chi connectivity index (χ0n) is 10.5. The second-order valence-electron chi connectivity index (χ2n) is 4.48. The molecule has 0 unspecified atom stereocenters. The van der Waals surface area contributed by atoms with Crippen LogP contribution in [0.3, 0.4) is 0 Å². The molecular formula is C17H14NO. The molecule has 1 amide bonds. The first-order valence-corrected chi connectivity index (χ1v) is 6.28. The highest BCUT2D eigenvalue weighted by Crippen LogP contribution is 2.25. The summed E-state index contributed by atoms with van der Waals surface area (Å²) in [5.74, 6) is -0.0733. The van der Waals surface area contributed by atoms with E-state index in [0.717, 1.165) is 16.2 Å². The fourth-order valence-electron chi connectivity index (χ4n) is 2.37. The van der Waals surface area contributed by atoms with E-state index >= 15 is 0 Å². The SMILES string of the molecule is [CH2]CNC(=O)c1cccc2cc3ccccc3cc12. The van der Waals surface area contributed by atoms with Crippen molar-refractivity contribution in [3.8, 4) is 0 Å². The lowest BCUT2D eigenvalue weighted by Gasteiger charge is -2.08. The zero-order chi connectivity index (χ0) is 13.2. The molecule has 0 saturated carbocycles. The lowest BCUT2D eigenvalue weighted by atomic mass is 9.99. The first-order valence-electron chi connectivity index (χ1n) is 6.28. The fourth-order valence-corrected chi connectivity index (χ4v) is 2.37. The summed E-state index contributed by atoms with van der Waals surface area (Å²) < 4.78 is 0. The quantitative estimate of drug-likeness (QED) is 0.690. The van der Waals surface area contributed by atoms with Gasteiger partial charge < -0.3 is 5.32 Å². The van der Waals surface area contributed by atoms with Crippen molar-refractivity contribution < 1.29 is 4.79 Å². The zero-order valence-corrected chi connectivity index (χ0v) is 10.5. The van der Waals surface area contributed by atoms with Crippen molar-refractivity contribution in [1.29, 1.82) is 0 Å². The van der Waals surface area contributed by atoms with Crippen molar-refractivity contribution in [2.75, 3.05) is 6.54 Å². The smallest absolute Gasteiger partial charge is 0.251 e. The van der Waals surface area contributed by atoms with Gasteiger partial charge in [-0.2, -0.15) is 0 Å². The molecule has 3 aromatic rings. The lowest BCUT2D eigenvalue weighted by Crippen LogP contribution is -2.22. The Morgan fingerprint density at radius 2 is 1.63 bits per heavy atom. The number of fused-ring (bicyclic) bond motifs is 2. The van der Waals surface area contributed by atoms with Crippen LogP contribution >= 0.6 is 0 Å². The predicted molar refractivity (Wildman–Crippen MR) is 79.1 cm³/mol. The van der Waals surface area contributed by atoms with Crippen LogP contribution in [0.15, 0.2) is 54.6 Å². The topological polar surface area (TPSA) is 29.1 Å². The van der Waals surface area contributed by atoms with E-state index in [2.05, 4.69) is 36.5 Å². The molecule has 0 fully saturated rings. The number of carbonyl (C=O) groups is 1. The summed E-state index contributed by atoms with van der Waals surface area (Å²) in [4.78, 5) is 12.0. The van der Waals surface area contributed by atoms with Crippen LogP contribution in [0.1, 0.15) is 10.4 Å². The maximum atomic E-state index is 12.0. The van der Waals surface area contributed by atoms with Crippen LogP contribution in [0.2, 0.25) is 0 Å². The molecule has 0 atom stereocenters. The van der Waals surface area contributed by atoms with Gasteiger partial charge in [0.2, 0.25) is 0 Å². The van der Waals surface area contributed by atoms with E-state index < -0.39 is 0 Å². The molecular weight excluding hydrogens is 234 g/mol. The maximum Gasteiger partial charge on any atom is 0.251 e. The van der Waals surface area contributed by atoms with Gasteiger partial charge in [0.1, 0.15) is 0 Å². The fraction of sp³-hybridized carbons (Fsp3) is 0.0588. The molecule has 0 aromatic heterocycles. The number of benzene rings is 3. The first kappa shape index (κ1) is 11.7. The lowest BCUT2D eigenvalue weighted by molar-refractivity contribution is 0.0959. The molecule has 0 aliphatic carbocycles. The molecule has 0 aliphatic heterocycles. The summed E-state index contributed by atoms with van der Waals surface area (Å²) in [7, 11) is 0. The van der Waals surface area contributed by atoms with Crippen molar-refractivity contribution in [3.05, 3.63) is 67.1 Å². The Bertz CT molecular complexity index is 761. The van der Waals surface area contributed by atoms with Crippen LogP contribution in [0.4, 0.5) is 0 Å². The third-order valence-electron chi connectivity index (χ3n) is 3.28. The molecule has 0 saturated heterocycles. The van der Waals surface area contributed by atoms with Crippen molar-refractivity contribution in [2.24, 2.45) is 0 Å². The van der Waals surface area contributed by atoms with Gasteiger partial charge >= 0.3 is 0 Å². The second-order valence-corrected chi connectivity index (χ2v) is 4.48. The van der Waals surface area contributed by atoms with Crippen LogP contribution < -0.4 is 5.32 Å². The summed E-state index contributed by atoms with van der Waals surface area (Å²) in [5, 5.41) is 7.14. The Kier molecular flexibility index (Phi) is 2.92. The van der Waals surface area contributed by atoms with E-state index in [9.17, 15) is 4.79 Å². The highest BCUT2D eigenvalue weighted by molar-refractivity contribution is 6.10. The molecule has 2 heteroatoms. The largest absolute Gasteiger partial charge is 0.352 e. The first-order chi connectivity index (χ1) is 9.29. The molecule has 0 spiro atoms. The minimum Gasteiger partial charge on any atom is -0.352 e. The van der Waals surface area contributed by atoms with Gasteiger partial charge in [0, 0.05) is 12.1 Å². The molecule has 19 heavy (non-hydrogen) atoms. The Balaban J connectivity index is 2.29. The highest BCUT2D eigenvalue weighted by Gasteiger charge is 2.09. The van der Waals surface area contributed by atoms with Crippen LogP contribution in [0.5, 0.6) is 0 Å². The van der Waals surface area contributed by atoms with Crippen molar-refractivity contribution >= 4 is 27.5 Å². The average molecular weight is 248 g/mol. The number of hydrogen-bond acceptors (Lipinski definition) is 1. The Labute approximate surface area is 112 Å². The number of hydrogen-bond donors (Lipinski definition) is 1. The van der Waals surface area contributed by atoms with E-state index in [4.69, 9.17) is 0 Å². The number of carbonyl (C=O) groups excluding carboxylic acids is 1. The molecule has 0 heterocycles. The van der Waals surface area contributed by atoms with E-state index in [1.165, 1.54) is 5.39 Å². The third kappa shape index (κ3) is 2.06. The van der Waals surface area contributed by atoms with Crippen molar-refractivity contribution in [3.63, 3.8) is 0 Å². The van der Waals surface area contributed by atoms with Crippen molar-refractivity contribution in [1.82, 2.24) is 5.32 Å². The highest BCUT2D eigenvalue weighted by atomic mass is 16.1. The third-order valence-corrected chi connectivity index (χ3v) is 3.28. The van der Waals surface area contributed by atoms with Gasteiger partial charge in [-0.15, -0.1) is 0 Å². The molecule has 0 aliphatic rings. The van der Waals surface area contributed by atoms with E-state index in [0.29, 0.717) is 12.1 Å². The Morgan fingerprint density at radius 3 is 2.37 bits per heavy atom. The van der Waals surface area contributed by atoms with Gasteiger partial charge in [0.25, 0.3) is 5.91 Å². The number of rotatable bonds is 2. The van der Waals surface area contributed by atoms with Crippen LogP contribution in [-0.4, -0.2) is 12.5 Å². The van der Waals surface area contributed by atoms with E-state index in [1.54, 1.807) is 0 Å². The monoisotopic (exact) mass is 248 g/mol. The van der Waals surface area contributed by atoms with E-state index in [-0.39, 0.29) is 5.91 Å². The Hall–Kier alpha value is -2.35. The number of nitrogens with one attached hydrogen (secondary N) is 1. The molecule has 2 nitrogen and oxygen atoms in total. The second kappa shape index (κ2) is 4.73. The van der Waals surface area contributed by atoms with Gasteiger partial charge in [-0.1, -0.05) is 36.4 Å². The van der Waals surface area contributed by atoms with Gasteiger partial charge in [-0.25, -0.2) is 0 Å². The maximum absolute atomic E-state index is 12.0. The predicted octanol–water partition coefficient (Wildman–Crippen LogP) is 3.56. The summed E-state index contributed by atoms with van der Waals surface area (Å²) in [6, 6.07) is 18.1. The summed E-state index contributed by atoms with van der Waals surface area (Å²) in [5.41, 5.74) is 0.701.